The van der Waals surface area contributed by atoms with E-state index in [0.29, 0.717) is 39.1 Å². The fourth-order valence-corrected chi connectivity index (χ4v) is 4.25. The van der Waals surface area contributed by atoms with E-state index in [2.05, 4.69) is 20.6 Å². The molecule has 11 heteroatoms. The van der Waals surface area contributed by atoms with Crippen LogP contribution in [-0.4, -0.2) is 69.8 Å². The molecule has 194 valence electrons. The third-order valence-corrected chi connectivity index (χ3v) is 6.28. The summed E-state index contributed by atoms with van der Waals surface area (Å²) >= 11 is 6.34. The molecule has 0 bridgehead atoms. The summed E-state index contributed by atoms with van der Waals surface area (Å²) in [6, 6.07) is 11.5. The number of ether oxygens (including phenoxy) is 1. The lowest BCUT2D eigenvalue weighted by Gasteiger charge is -2.20. The number of amides is 2. The summed E-state index contributed by atoms with van der Waals surface area (Å²) in [7, 11) is 1.54. The second kappa shape index (κ2) is 11.5. The number of hydrogen-bond donors (Lipinski definition) is 4. The van der Waals surface area contributed by atoms with Gasteiger partial charge >= 0.3 is 0 Å². The van der Waals surface area contributed by atoms with Crippen molar-refractivity contribution in [2.75, 3.05) is 32.2 Å². The number of nitrogens with one attached hydrogen (secondary N) is 2. The average molecular weight is 526 g/mol. The number of rotatable bonds is 10. The van der Waals surface area contributed by atoms with Crippen molar-refractivity contribution in [1.29, 1.82) is 0 Å². The number of aromatic nitrogens is 2. The number of anilines is 1. The van der Waals surface area contributed by atoms with Crippen LogP contribution in [0.25, 0.3) is 11.3 Å². The predicted octanol–water partition coefficient (Wildman–Crippen LogP) is 2.40. The van der Waals surface area contributed by atoms with Crippen molar-refractivity contribution in [3.05, 3.63) is 70.4 Å². The first-order chi connectivity index (χ1) is 17.8. The Labute approximate surface area is 219 Å². The summed E-state index contributed by atoms with van der Waals surface area (Å²) in [6.07, 6.45) is 1.46. The number of halogens is 1. The van der Waals surface area contributed by atoms with E-state index in [4.69, 9.17) is 16.3 Å². The molecule has 0 unspecified atom stereocenters. The number of fused-ring (bicyclic) bond motifs is 1. The summed E-state index contributed by atoms with van der Waals surface area (Å²) in [4.78, 5) is 35.9. The molecule has 10 nitrogen and oxygen atoms in total. The molecule has 2 aromatic carbocycles. The van der Waals surface area contributed by atoms with Gasteiger partial charge in [0.25, 0.3) is 5.91 Å². The van der Waals surface area contributed by atoms with Gasteiger partial charge in [0.15, 0.2) is 0 Å². The van der Waals surface area contributed by atoms with Gasteiger partial charge in [0.05, 0.1) is 43.3 Å². The molecule has 0 saturated carbocycles. The minimum Gasteiger partial charge on any atom is -0.497 e. The standard InChI is InChI=1S/C26H28ClN5O5/c1-15(13-33)29-26-28-10-21(27)24(31-26)17-6-7-18-11-32(25(36)20(18)9-17)12-23(35)30-22(14-34)16-4-3-5-19(8-16)37-2/h3-10,15,22,33-34H,11-14H2,1-2H3,(H,30,35)(H,28,29,31)/t15-,22+/m0/s1. The second-order valence-electron chi connectivity index (χ2n) is 8.73. The van der Waals surface area contributed by atoms with Crippen LogP contribution in [0.5, 0.6) is 5.75 Å². The highest BCUT2D eigenvalue weighted by Gasteiger charge is 2.30. The molecule has 0 spiro atoms. The van der Waals surface area contributed by atoms with Crippen molar-refractivity contribution in [3.8, 4) is 17.0 Å². The smallest absolute Gasteiger partial charge is 0.254 e. The molecular formula is C26H28ClN5O5. The summed E-state index contributed by atoms with van der Waals surface area (Å²) < 4.78 is 5.21. The molecule has 1 aliphatic rings. The Morgan fingerprint density at radius 1 is 1.22 bits per heavy atom. The lowest BCUT2D eigenvalue weighted by Crippen LogP contribution is -2.40. The van der Waals surface area contributed by atoms with Crippen molar-refractivity contribution < 1.29 is 24.5 Å². The Morgan fingerprint density at radius 3 is 2.76 bits per heavy atom. The van der Waals surface area contributed by atoms with Crippen LogP contribution < -0.4 is 15.4 Å². The molecule has 4 N–H and O–H groups in total. The lowest BCUT2D eigenvalue weighted by atomic mass is 10.0. The number of aliphatic hydroxyl groups is 2. The van der Waals surface area contributed by atoms with E-state index < -0.39 is 11.9 Å². The van der Waals surface area contributed by atoms with Crippen LogP contribution in [0.3, 0.4) is 0 Å². The topological polar surface area (TPSA) is 137 Å². The molecule has 0 fully saturated rings. The van der Waals surface area contributed by atoms with Crippen LogP contribution in [0.4, 0.5) is 5.95 Å². The van der Waals surface area contributed by atoms with Gasteiger partial charge in [-0.05, 0) is 36.2 Å². The number of carbonyl (C=O) groups excluding carboxylic acids is 2. The zero-order chi connectivity index (χ0) is 26.5. The average Bonchev–Trinajstić information content (AvgIpc) is 3.22. The van der Waals surface area contributed by atoms with Crippen molar-refractivity contribution in [2.45, 2.75) is 25.6 Å². The fourth-order valence-electron chi connectivity index (χ4n) is 4.05. The fraction of sp³-hybridized carbons (Fsp3) is 0.308. The van der Waals surface area contributed by atoms with Crippen LogP contribution in [0.15, 0.2) is 48.7 Å². The molecule has 0 saturated heterocycles. The maximum absolute atomic E-state index is 13.1. The predicted molar refractivity (Wildman–Crippen MR) is 138 cm³/mol. The second-order valence-corrected chi connectivity index (χ2v) is 9.14. The van der Waals surface area contributed by atoms with Gasteiger partial charge in [-0.1, -0.05) is 35.9 Å². The van der Waals surface area contributed by atoms with Crippen LogP contribution in [0.2, 0.25) is 5.02 Å². The monoisotopic (exact) mass is 525 g/mol. The van der Waals surface area contributed by atoms with Gasteiger partial charge in [-0.25, -0.2) is 9.97 Å². The van der Waals surface area contributed by atoms with Gasteiger partial charge in [0.1, 0.15) is 12.3 Å². The van der Waals surface area contributed by atoms with Gasteiger partial charge in [-0.15, -0.1) is 0 Å². The SMILES string of the molecule is COc1cccc([C@@H](CO)NC(=O)CN2Cc3ccc(-c4nc(N[C@@H](C)CO)ncc4Cl)cc3C2=O)c1. The minimum atomic E-state index is -0.634. The Kier molecular flexibility index (Phi) is 8.22. The summed E-state index contributed by atoms with van der Waals surface area (Å²) in [6.45, 7) is 1.52. The Bertz CT molecular complexity index is 1300. The number of carbonyl (C=O) groups is 2. The highest BCUT2D eigenvalue weighted by molar-refractivity contribution is 6.33. The molecule has 0 radical (unpaired) electrons. The molecule has 2 amide bonds. The molecule has 2 heterocycles. The highest BCUT2D eigenvalue weighted by atomic mass is 35.5. The van der Waals surface area contributed by atoms with E-state index >= 15 is 0 Å². The van der Waals surface area contributed by atoms with E-state index in [1.54, 1.807) is 44.4 Å². The van der Waals surface area contributed by atoms with Gasteiger partial charge in [-0.3, -0.25) is 9.59 Å². The first-order valence-electron chi connectivity index (χ1n) is 11.7. The zero-order valence-corrected chi connectivity index (χ0v) is 21.2. The van der Waals surface area contributed by atoms with Crippen molar-refractivity contribution >= 4 is 29.4 Å². The molecular weight excluding hydrogens is 498 g/mol. The largest absolute Gasteiger partial charge is 0.497 e. The van der Waals surface area contributed by atoms with Crippen molar-refractivity contribution in [1.82, 2.24) is 20.2 Å². The third kappa shape index (κ3) is 5.99. The van der Waals surface area contributed by atoms with Crippen LogP contribution in [-0.2, 0) is 11.3 Å². The highest BCUT2D eigenvalue weighted by Crippen LogP contribution is 2.31. The zero-order valence-electron chi connectivity index (χ0n) is 20.4. The van der Waals surface area contributed by atoms with E-state index in [1.165, 1.54) is 11.1 Å². The number of aliphatic hydroxyl groups excluding tert-OH is 2. The molecule has 0 aliphatic carbocycles. The molecule has 37 heavy (non-hydrogen) atoms. The quantitative estimate of drug-likeness (QED) is 0.317. The first-order valence-corrected chi connectivity index (χ1v) is 12.1. The Morgan fingerprint density at radius 2 is 2.03 bits per heavy atom. The summed E-state index contributed by atoms with van der Waals surface area (Å²) in [5, 5.41) is 25.2. The normalized spacial score (nSPS) is 14.2. The van der Waals surface area contributed by atoms with E-state index in [0.717, 1.165) is 5.56 Å². The third-order valence-electron chi connectivity index (χ3n) is 6.00. The summed E-state index contributed by atoms with van der Waals surface area (Å²) in [5.41, 5.74) is 3.01. The first kappa shape index (κ1) is 26.3. The Balaban J connectivity index is 1.47. The number of methoxy groups -OCH3 is 1. The molecule has 4 rings (SSSR count). The Hall–Kier alpha value is -3.73. The van der Waals surface area contributed by atoms with Gasteiger partial charge in [-0.2, -0.15) is 0 Å². The molecule has 3 aromatic rings. The van der Waals surface area contributed by atoms with Crippen LogP contribution >= 0.6 is 11.6 Å². The van der Waals surface area contributed by atoms with E-state index in [-0.39, 0.29) is 38.3 Å². The maximum atomic E-state index is 13.1. The van der Waals surface area contributed by atoms with Gasteiger partial charge in [0.2, 0.25) is 11.9 Å². The van der Waals surface area contributed by atoms with Crippen LogP contribution in [0.1, 0.15) is 34.5 Å². The van der Waals surface area contributed by atoms with Gasteiger partial charge < -0.3 is 30.5 Å². The molecule has 1 aliphatic heterocycles. The van der Waals surface area contributed by atoms with E-state index in [1.807, 2.05) is 12.1 Å². The maximum Gasteiger partial charge on any atom is 0.254 e. The van der Waals surface area contributed by atoms with Crippen molar-refractivity contribution in [3.63, 3.8) is 0 Å². The lowest BCUT2D eigenvalue weighted by molar-refractivity contribution is -0.122. The number of benzene rings is 2. The molecule has 2 atom stereocenters. The van der Waals surface area contributed by atoms with E-state index in [9.17, 15) is 19.8 Å². The number of hydrogen-bond acceptors (Lipinski definition) is 8. The summed E-state index contributed by atoms with van der Waals surface area (Å²) in [5.74, 6) is 0.239. The number of nitrogens with zero attached hydrogens (tertiary/aromatic N) is 3. The van der Waals surface area contributed by atoms with Crippen molar-refractivity contribution in [2.24, 2.45) is 0 Å². The molecule has 1 aromatic heterocycles. The van der Waals surface area contributed by atoms with Gasteiger partial charge in [0, 0.05) is 23.7 Å². The van der Waals surface area contributed by atoms with Crippen LogP contribution in [0, 0.1) is 0 Å². The minimum absolute atomic E-state index is 0.0866.